The molecule has 0 aliphatic heterocycles. The van der Waals surface area contributed by atoms with Crippen LogP contribution in [0.1, 0.15) is 34.6 Å². The van der Waals surface area contributed by atoms with Gasteiger partial charge in [-0.2, -0.15) is 0 Å². The Balaban J connectivity index is 4.59. The smallest absolute Gasteiger partial charge is 0.149 e. The summed E-state index contributed by atoms with van der Waals surface area (Å²) in [5.74, 6) is 0.0323. The fourth-order valence-electron chi connectivity index (χ4n) is 1.75. The molecule has 1 unspecified atom stereocenters. The van der Waals surface area contributed by atoms with Gasteiger partial charge in [-0.3, -0.25) is 9.69 Å². The minimum Gasteiger partial charge on any atom is -0.394 e. The number of hydrogen-bond donors (Lipinski definition) is 1. The molecule has 1 N–H and O–H groups in total. The van der Waals surface area contributed by atoms with Gasteiger partial charge < -0.3 is 5.11 Å². The van der Waals surface area contributed by atoms with Crippen LogP contribution in [0.2, 0.25) is 0 Å². The first-order valence-electron chi connectivity index (χ1n) is 4.80. The summed E-state index contributed by atoms with van der Waals surface area (Å²) in [6.07, 6.45) is 0. The first-order chi connectivity index (χ1) is 5.91. The van der Waals surface area contributed by atoms with Crippen LogP contribution in [0.25, 0.3) is 0 Å². The van der Waals surface area contributed by atoms with Crippen LogP contribution < -0.4 is 0 Å². The van der Waals surface area contributed by atoms with Crippen LogP contribution in [0.4, 0.5) is 0 Å². The van der Waals surface area contributed by atoms with Crippen molar-refractivity contribution in [3.8, 4) is 0 Å². The lowest BCUT2D eigenvalue weighted by Gasteiger charge is -2.35. The van der Waals surface area contributed by atoms with E-state index in [1.807, 2.05) is 32.6 Å². The van der Waals surface area contributed by atoms with Crippen molar-refractivity contribution in [2.24, 2.45) is 0 Å². The van der Waals surface area contributed by atoms with E-state index in [4.69, 9.17) is 5.11 Å². The standard InChI is InChI=1S/C10H21NO2/c1-7(2)11(8(3)4)10(6-12)9(5)13/h7-8,10,12H,6H2,1-5H3. The summed E-state index contributed by atoms with van der Waals surface area (Å²) in [5, 5.41) is 9.10. The molecule has 3 nitrogen and oxygen atoms in total. The van der Waals surface area contributed by atoms with E-state index in [1.54, 1.807) is 0 Å². The number of ketones is 1. The van der Waals surface area contributed by atoms with Gasteiger partial charge in [0.25, 0.3) is 0 Å². The van der Waals surface area contributed by atoms with Crippen LogP contribution in [0.5, 0.6) is 0 Å². The van der Waals surface area contributed by atoms with Gasteiger partial charge in [-0.25, -0.2) is 0 Å². The lowest BCUT2D eigenvalue weighted by Crippen LogP contribution is -2.50. The van der Waals surface area contributed by atoms with Gasteiger partial charge >= 0.3 is 0 Å². The van der Waals surface area contributed by atoms with Crippen LogP contribution >= 0.6 is 0 Å². The molecule has 0 saturated carbocycles. The van der Waals surface area contributed by atoms with E-state index >= 15 is 0 Å². The van der Waals surface area contributed by atoms with E-state index < -0.39 is 0 Å². The Morgan fingerprint density at radius 2 is 1.62 bits per heavy atom. The van der Waals surface area contributed by atoms with Crippen molar-refractivity contribution < 1.29 is 9.90 Å². The van der Waals surface area contributed by atoms with Crippen molar-refractivity contribution in [3.05, 3.63) is 0 Å². The van der Waals surface area contributed by atoms with Gasteiger partial charge in [-0.15, -0.1) is 0 Å². The molecule has 13 heavy (non-hydrogen) atoms. The monoisotopic (exact) mass is 187 g/mol. The summed E-state index contributed by atoms with van der Waals surface area (Å²) < 4.78 is 0. The SMILES string of the molecule is CC(=O)C(CO)N(C(C)C)C(C)C. The molecule has 1 atom stereocenters. The van der Waals surface area contributed by atoms with Gasteiger partial charge in [-0.05, 0) is 34.6 Å². The molecule has 0 heterocycles. The quantitative estimate of drug-likeness (QED) is 0.699. The van der Waals surface area contributed by atoms with E-state index in [1.165, 1.54) is 6.92 Å². The fraction of sp³-hybridized carbons (Fsp3) is 0.900. The van der Waals surface area contributed by atoms with E-state index in [0.717, 1.165) is 0 Å². The highest BCUT2D eigenvalue weighted by Gasteiger charge is 2.26. The zero-order valence-electron chi connectivity index (χ0n) is 9.24. The second-order valence-electron chi connectivity index (χ2n) is 3.94. The van der Waals surface area contributed by atoms with Crippen molar-refractivity contribution >= 4 is 5.78 Å². The normalized spacial score (nSPS) is 14.2. The van der Waals surface area contributed by atoms with Crippen LogP contribution in [-0.4, -0.2) is 40.5 Å². The van der Waals surface area contributed by atoms with Gasteiger partial charge in [0.15, 0.2) is 0 Å². The summed E-state index contributed by atoms with van der Waals surface area (Å²) >= 11 is 0. The molecule has 0 aromatic heterocycles. The summed E-state index contributed by atoms with van der Waals surface area (Å²) in [6.45, 7) is 9.57. The summed E-state index contributed by atoms with van der Waals surface area (Å²) in [4.78, 5) is 13.3. The summed E-state index contributed by atoms with van der Waals surface area (Å²) in [7, 11) is 0. The lowest BCUT2D eigenvalue weighted by molar-refractivity contribution is -0.125. The molecule has 0 spiro atoms. The molecule has 0 aromatic carbocycles. The Kier molecular flexibility index (Phi) is 5.18. The molecule has 0 aliphatic carbocycles. The Labute approximate surface area is 80.7 Å². The summed E-state index contributed by atoms with van der Waals surface area (Å²) in [5.41, 5.74) is 0. The molecule has 0 fully saturated rings. The second-order valence-corrected chi connectivity index (χ2v) is 3.94. The molecule has 0 radical (unpaired) electrons. The molecule has 0 aliphatic rings. The third-order valence-corrected chi connectivity index (χ3v) is 2.19. The maximum atomic E-state index is 11.2. The number of nitrogens with zero attached hydrogens (tertiary/aromatic N) is 1. The van der Waals surface area contributed by atoms with E-state index in [2.05, 4.69) is 0 Å². The average molecular weight is 187 g/mol. The highest BCUT2D eigenvalue weighted by molar-refractivity contribution is 5.81. The predicted molar refractivity (Wildman–Crippen MR) is 53.7 cm³/mol. The molecule has 78 valence electrons. The van der Waals surface area contributed by atoms with Crippen molar-refractivity contribution in [3.63, 3.8) is 0 Å². The van der Waals surface area contributed by atoms with Gasteiger partial charge in [0.2, 0.25) is 0 Å². The topological polar surface area (TPSA) is 40.5 Å². The van der Waals surface area contributed by atoms with Crippen LogP contribution in [-0.2, 0) is 4.79 Å². The average Bonchev–Trinajstić information content (AvgIpc) is 1.97. The first kappa shape index (κ1) is 12.6. The third kappa shape index (κ3) is 3.44. The Hall–Kier alpha value is -0.410. The molecule has 0 rings (SSSR count). The minimum absolute atomic E-state index is 0.0323. The highest BCUT2D eigenvalue weighted by Crippen LogP contribution is 2.11. The highest BCUT2D eigenvalue weighted by atomic mass is 16.3. The molecular formula is C10H21NO2. The van der Waals surface area contributed by atoms with Gasteiger partial charge in [0.1, 0.15) is 5.78 Å². The maximum Gasteiger partial charge on any atom is 0.149 e. The second kappa shape index (κ2) is 5.35. The molecule has 0 aromatic rings. The van der Waals surface area contributed by atoms with Crippen LogP contribution in [0, 0.1) is 0 Å². The first-order valence-corrected chi connectivity index (χ1v) is 4.80. The Morgan fingerprint density at radius 1 is 1.23 bits per heavy atom. The largest absolute Gasteiger partial charge is 0.394 e. The van der Waals surface area contributed by atoms with Gasteiger partial charge in [-0.1, -0.05) is 0 Å². The predicted octanol–water partition coefficient (Wildman–Crippen LogP) is 1.06. The lowest BCUT2D eigenvalue weighted by atomic mass is 10.1. The van der Waals surface area contributed by atoms with E-state index in [-0.39, 0.29) is 30.5 Å². The number of aliphatic hydroxyl groups is 1. The number of hydrogen-bond acceptors (Lipinski definition) is 3. The molecule has 0 saturated heterocycles. The third-order valence-electron chi connectivity index (χ3n) is 2.19. The fourth-order valence-corrected chi connectivity index (χ4v) is 1.75. The van der Waals surface area contributed by atoms with Crippen LogP contribution in [0.15, 0.2) is 0 Å². The van der Waals surface area contributed by atoms with E-state index in [0.29, 0.717) is 0 Å². The zero-order valence-corrected chi connectivity index (χ0v) is 9.24. The molecule has 0 amide bonds. The number of Topliss-reactive ketones (excluding diaryl/α,β-unsaturated/α-hetero) is 1. The number of rotatable bonds is 5. The molecular weight excluding hydrogens is 166 g/mol. The zero-order chi connectivity index (χ0) is 10.6. The molecule has 3 heteroatoms. The maximum absolute atomic E-state index is 11.2. The summed E-state index contributed by atoms with van der Waals surface area (Å²) in [6, 6.07) is 0.210. The van der Waals surface area contributed by atoms with Crippen LogP contribution in [0.3, 0.4) is 0 Å². The number of carbonyl (C=O) groups excluding carboxylic acids is 1. The minimum atomic E-state index is -0.347. The van der Waals surface area contributed by atoms with Crippen molar-refractivity contribution in [1.82, 2.24) is 4.90 Å². The van der Waals surface area contributed by atoms with Crippen molar-refractivity contribution in [2.75, 3.05) is 6.61 Å². The molecule has 0 bridgehead atoms. The Morgan fingerprint density at radius 3 is 1.69 bits per heavy atom. The van der Waals surface area contributed by atoms with Crippen molar-refractivity contribution in [1.29, 1.82) is 0 Å². The van der Waals surface area contributed by atoms with Gasteiger partial charge in [0, 0.05) is 12.1 Å². The van der Waals surface area contributed by atoms with Gasteiger partial charge in [0.05, 0.1) is 12.6 Å². The van der Waals surface area contributed by atoms with Crippen molar-refractivity contribution in [2.45, 2.75) is 52.7 Å². The Bertz CT molecular complexity index is 158. The number of aliphatic hydroxyl groups excluding tert-OH is 1. The number of carbonyl (C=O) groups is 1. The van der Waals surface area contributed by atoms with E-state index in [9.17, 15) is 4.79 Å².